The lowest BCUT2D eigenvalue weighted by atomic mass is 10.2. The first-order chi connectivity index (χ1) is 8.58. The summed E-state index contributed by atoms with van der Waals surface area (Å²) >= 11 is 0. The Hall–Kier alpha value is -1.36. The van der Waals surface area contributed by atoms with Gasteiger partial charge in [-0.05, 0) is 45.0 Å². The van der Waals surface area contributed by atoms with Crippen LogP contribution in [-0.4, -0.2) is 30.6 Å². The second-order valence-corrected chi connectivity index (χ2v) is 4.83. The van der Waals surface area contributed by atoms with Gasteiger partial charge in [-0.1, -0.05) is 0 Å². The Balaban J connectivity index is 1.97. The Kier molecular flexibility index (Phi) is 4.01. The quantitative estimate of drug-likeness (QED) is 0.812. The van der Waals surface area contributed by atoms with Gasteiger partial charge >= 0.3 is 0 Å². The predicted molar refractivity (Wildman–Crippen MR) is 69.5 cm³/mol. The van der Waals surface area contributed by atoms with E-state index in [2.05, 4.69) is 17.1 Å². The molecule has 0 saturated carbocycles. The number of anilines is 2. The van der Waals surface area contributed by atoms with Crippen molar-refractivity contribution in [1.29, 1.82) is 0 Å². The molecule has 0 aliphatic carbocycles. The van der Waals surface area contributed by atoms with Crippen molar-refractivity contribution in [3.05, 3.63) is 23.8 Å². The van der Waals surface area contributed by atoms with E-state index < -0.39 is 11.6 Å². The highest BCUT2D eigenvalue weighted by atomic mass is 19.1. The summed E-state index contributed by atoms with van der Waals surface area (Å²) in [5.74, 6) is -1.28. The summed E-state index contributed by atoms with van der Waals surface area (Å²) in [6.07, 6.45) is 2.41. The average Bonchev–Trinajstić information content (AvgIpc) is 2.80. The smallest absolute Gasteiger partial charge is 0.151 e. The van der Waals surface area contributed by atoms with Crippen LogP contribution in [0.2, 0.25) is 0 Å². The van der Waals surface area contributed by atoms with E-state index >= 15 is 0 Å². The molecule has 1 atom stereocenters. The molecule has 0 amide bonds. The number of rotatable bonds is 4. The standard InChI is InChI=1S/C13H19F2N3/c1-9(18-4-2-3-5-18)8-17-13-11(14)6-10(16)7-12(13)15/h6-7,9,17H,2-5,8,16H2,1H3. The summed E-state index contributed by atoms with van der Waals surface area (Å²) in [6, 6.07) is 2.53. The lowest BCUT2D eigenvalue weighted by molar-refractivity contribution is 0.269. The third-order valence-electron chi connectivity index (χ3n) is 3.40. The molecule has 0 bridgehead atoms. The summed E-state index contributed by atoms with van der Waals surface area (Å²) in [4.78, 5) is 2.32. The van der Waals surface area contributed by atoms with Crippen LogP contribution in [0.3, 0.4) is 0 Å². The molecule has 5 heteroatoms. The molecule has 1 aromatic rings. The maximum atomic E-state index is 13.5. The average molecular weight is 255 g/mol. The highest BCUT2D eigenvalue weighted by Crippen LogP contribution is 2.22. The molecule has 18 heavy (non-hydrogen) atoms. The molecule has 0 radical (unpaired) electrons. The van der Waals surface area contributed by atoms with Crippen LogP contribution < -0.4 is 11.1 Å². The minimum Gasteiger partial charge on any atom is -0.399 e. The summed E-state index contributed by atoms with van der Waals surface area (Å²) < 4.78 is 27.1. The maximum absolute atomic E-state index is 13.5. The van der Waals surface area contributed by atoms with E-state index in [9.17, 15) is 8.78 Å². The van der Waals surface area contributed by atoms with Gasteiger partial charge in [0.2, 0.25) is 0 Å². The largest absolute Gasteiger partial charge is 0.399 e. The van der Waals surface area contributed by atoms with Gasteiger partial charge in [-0.25, -0.2) is 8.78 Å². The molecule has 1 aliphatic heterocycles. The van der Waals surface area contributed by atoms with Crippen molar-refractivity contribution in [2.75, 3.05) is 30.7 Å². The Morgan fingerprint density at radius 2 is 1.83 bits per heavy atom. The van der Waals surface area contributed by atoms with Crippen LogP contribution in [0.5, 0.6) is 0 Å². The van der Waals surface area contributed by atoms with Gasteiger partial charge < -0.3 is 11.1 Å². The van der Waals surface area contributed by atoms with E-state index in [0.29, 0.717) is 6.54 Å². The fourth-order valence-electron chi connectivity index (χ4n) is 2.32. The first-order valence-electron chi connectivity index (χ1n) is 6.30. The summed E-state index contributed by atoms with van der Waals surface area (Å²) in [7, 11) is 0. The highest BCUT2D eigenvalue weighted by Gasteiger charge is 2.18. The zero-order valence-electron chi connectivity index (χ0n) is 10.5. The van der Waals surface area contributed by atoms with E-state index in [1.165, 1.54) is 12.8 Å². The van der Waals surface area contributed by atoms with Crippen LogP contribution >= 0.6 is 0 Å². The van der Waals surface area contributed by atoms with Gasteiger partial charge in [0.25, 0.3) is 0 Å². The van der Waals surface area contributed by atoms with E-state index in [0.717, 1.165) is 25.2 Å². The van der Waals surface area contributed by atoms with Gasteiger partial charge in [0, 0.05) is 18.3 Å². The van der Waals surface area contributed by atoms with Crippen molar-refractivity contribution >= 4 is 11.4 Å². The molecule has 3 nitrogen and oxygen atoms in total. The molecule has 1 heterocycles. The third-order valence-corrected chi connectivity index (χ3v) is 3.40. The minimum absolute atomic E-state index is 0.0877. The molecular weight excluding hydrogens is 236 g/mol. The maximum Gasteiger partial charge on any atom is 0.151 e. The SMILES string of the molecule is CC(CNc1c(F)cc(N)cc1F)N1CCCC1. The van der Waals surface area contributed by atoms with Crippen LogP contribution in [0.4, 0.5) is 20.2 Å². The molecule has 2 rings (SSSR count). The van der Waals surface area contributed by atoms with Gasteiger partial charge in [-0.2, -0.15) is 0 Å². The zero-order chi connectivity index (χ0) is 13.1. The van der Waals surface area contributed by atoms with Crippen LogP contribution in [-0.2, 0) is 0 Å². The minimum atomic E-state index is -0.638. The van der Waals surface area contributed by atoms with Gasteiger partial charge in [0.1, 0.15) is 5.69 Å². The molecule has 3 N–H and O–H groups in total. The highest BCUT2D eigenvalue weighted by molar-refractivity contribution is 5.54. The fraction of sp³-hybridized carbons (Fsp3) is 0.538. The van der Waals surface area contributed by atoms with E-state index in [1.54, 1.807) is 0 Å². The number of likely N-dealkylation sites (tertiary alicyclic amines) is 1. The van der Waals surface area contributed by atoms with Crippen molar-refractivity contribution in [2.45, 2.75) is 25.8 Å². The Bertz CT molecular complexity index is 394. The first kappa shape index (κ1) is 13.1. The number of hydrogen-bond acceptors (Lipinski definition) is 3. The number of nitrogens with two attached hydrogens (primary N) is 1. The van der Waals surface area contributed by atoms with Gasteiger partial charge in [-0.15, -0.1) is 0 Å². The zero-order valence-corrected chi connectivity index (χ0v) is 10.5. The Labute approximate surface area is 106 Å². The second kappa shape index (κ2) is 5.52. The third kappa shape index (κ3) is 2.90. The number of nitrogens with zero attached hydrogens (tertiary/aromatic N) is 1. The molecule has 1 aromatic carbocycles. The molecular formula is C13H19F2N3. The van der Waals surface area contributed by atoms with Gasteiger partial charge in [-0.3, -0.25) is 4.90 Å². The molecule has 0 aromatic heterocycles. The summed E-state index contributed by atoms with van der Waals surface area (Å²) in [6.45, 7) is 4.72. The van der Waals surface area contributed by atoms with Gasteiger partial charge in [0.15, 0.2) is 11.6 Å². The number of halogens is 2. The van der Waals surface area contributed by atoms with Crippen molar-refractivity contribution in [1.82, 2.24) is 4.90 Å². The van der Waals surface area contributed by atoms with Crippen LogP contribution in [0.15, 0.2) is 12.1 Å². The number of benzene rings is 1. The van der Waals surface area contributed by atoms with Crippen molar-refractivity contribution < 1.29 is 8.78 Å². The van der Waals surface area contributed by atoms with Gasteiger partial charge in [0.05, 0.1) is 0 Å². The number of nitrogen functional groups attached to an aromatic ring is 1. The molecule has 100 valence electrons. The summed E-state index contributed by atoms with van der Waals surface area (Å²) in [5, 5.41) is 2.84. The number of nitrogens with one attached hydrogen (secondary N) is 1. The van der Waals surface area contributed by atoms with Crippen LogP contribution in [0, 0.1) is 11.6 Å². The van der Waals surface area contributed by atoms with E-state index in [-0.39, 0.29) is 17.4 Å². The van der Waals surface area contributed by atoms with E-state index in [1.807, 2.05) is 0 Å². The Morgan fingerprint density at radius 1 is 1.28 bits per heavy atom. The summed E-state index contributed by atoms with van der Waals surface area (Å²) in [5.41, 5.74) is 5.38. The topological polar surface area (TPSA) is 41.3 Å². The molecule has 1 aliphatic rings. The first-order valence-corrected chi connectivity index (χ1v) is 6.30. The lowest BCUT2D eigenvalue weighted by Crippen LogP contribution is -2.35. The lowest BCUT2D eigenvalue weighted by Gasteiger charge is -2.24. The number of hydrogen-bond donors (Lipinski definition) is 2. The molecule has 0 spiro atoms. The fourth-order valence-corrected chi connectivity index (χ4v) is 2.32. The van der Waals surface area contributed by atoms with Crippen molar-refractivity contribution in [3.8, 4) is 0 Å². The van der Waals surface area contributed by atoms with E-state index in [4.69, 9.17) is 5.73 Å². The Morgan fingerprint density at radius 3 is 2.39 bits per heavy atom. The monoisotopic (exact) mass is 255 g/mol. The molecule has 1 saturated heterocycles. The molecule has 1 fully saturated rings. The van der Waals surface area contributed by atoms with Crippen molar-refractivity contribution in [2.24, 2.45) is 0 Å². The van der Waals surface area contributed by atoms with Crippen LogP contribution in [0.1, 0.15) is 19.8 Å². The normalized spacial score (nSPS) is 17.9. The van der Waals surface area contributed by atoms with Crippen LogP contribution in [0.25, 0.3) is 0 Å². The molecule has 1 unspecified atom stereocenters. The van der Waals surface area contributed by atoms with Crippen molar-refractivity contribution in [3.63, 3.8) is 0 Å². The second-order valence-electron chi connectivity index (χ2n) is 4.83. The predicted octanol–water partition coefficient (Wildman–Crippen LogP) is 2.44.